The molecule has 0 bridgehead atoms. The molecule has 0 radical (unpaired) electrons. The molecular formula is C18H16N2O3. The molecule has 4 N–H and O–H groups in total. The van der Waals surface area contributed by atoms with Crippen LogP contribution in [0.1, 0.15) is 39.3 Å². The maximum Gasteiger partial charge on any atom is 0.337 e. The Balaban J connectivity index is 1.98. The van der Waals surface area contributed by atoms with E-state index in [1.54, 1.807) is 6.92 Å². The Labute approximate surface area is 132 Å². The van der Waals surface area contributed by atoms with Gasteiger partial charge in [0.15, 0.2) is 5.88 Å². The second kappa shape index (κ2) is 4.78. The van der Waals surface area contributed by atoms with Crippen molar-refractivity contribution in [2.75, 3.05) is 0 Å². The van der Waals surface area contributed by atoms with Crippen molar-refractivity contribution in [3.05, 3.63) is 58.4 Å². The lowest BCUT2D eigenvalue weighted by Crippen LogP contribution is -2.05. The number of hydrogen-bond donors (Lipinski definition) is 4. The van der Waals surface area contributed by atoms with Gasteiger partial charge in [0, 0.05) is 22.2 Å². The van der Waals surface area contributed by atoms with Gasteiger partial charge >= 0.3 is 5.97 Å². The number of aromatic hydroxyl groups is 1. The molecule has 2 aromatic heterocycles. The Hall–Kier alpha value is -2.95. The number of aryl methyl sites for hydroxylation is 1. The number of H-pyrrole nitrogens is 2. The van der Waals surface area contributed by atoms with E-state index >= 15 is 0 Å². The van der Waals surface area contributed by atoms with Crippen LogP contribution in [0.4, 0.5) is 0 Å². The van der Waals surface area contributed by atoms with E-state index in [-0.39, 0.29) is 5.88 Å². The van der Waals surface area contributed by atoms with Crippen LogP contribution in [-0.2, 0) is 6.42 Å². The van der Waals surface area contributed by atoms with Crippen molar-refractivity contribution in [2.24, 2.45) is 0 Å². The Bertz CT molecular complexity index is 976. The first-order valence-electron chi connectivity index (χ1n) is 7.53. The van der Waals surface area contributed by atoms with Gasteiger partial charge in [-0.2, -0.15) is 0 Å². The lowest BCUT2D eigenvalue weighted by atomic mass is 9.90. The number of allylic oxidation sites excluding steroid dienone is 1. The van der Waals surface area contributed by atoms with Crippen LogP contribution in [0.15, 0.2) is 30.3 Å². The van der Waals surface area contributed by atoms with E-state index in [2.05, 4.69) is 16.0 Å². The fourth-order valence-electron chi connectivity index (χ4n) is 3.54. The Morgan fingerprint density at radius 3 is 2.78 bits per heavy atom. The maximum absolute atomic E-state index is 11.5. The number of nitrogens with one attached hydrogen (secondary N) is 2. The largest absolute Gasteiger partial charge is 0.494 e. The normalized spacial score (nSPS) is 13.9. The van der Waals surface area contributed by atoms with Crippen molar-refractivity contribution in [1.29, 1.82) is 0 Å². The van der Waals surface area contributed by atoms with Gasteiger partial charge in [0.25, 0.3) is 0 Å². The zero-order chi connectivity index (χ0) is 16.1. The Morgan fingerprint density at radius 1 is 1.22 bits per heavy atom. The summed E-state index contributed by atoms with van der Waals surface area (Å²) in [7, 11) is 0. The third-order valence-electron chi connectivity index (χ3n) is 4.47. The molecule has 0 saturated carbocycles. The zero-order valence-corrected chi connectivity index (χ0v) is 12.6. The summed E-state index contributed by atoms with van der Waals surface area (Å²) < 4.78 is 0. The van der Waals surface area contributed by atoms with E-state index in [0.717, 1.165) is 39.7 Å². The number of aromatic nitrogens is 2. The lowest BCUT2D eigenvalue weighted by Gasteiger charge is -2.14. The molecule has 1 aliphatic carbocycles. The minimum atomic E-state index is -0.913. The van der Waals surface area contributed by atoms with Crippen molar-refractivity contribution < 1.29 is 15.0 Å². The molecular weight excluding hydrogens is 292 g/mol. The van der Waals surface area contributed by atoms with Crippen LogP contribution in [0.2, 0.25) is 0 Å². The molecule has 1 aliphatic rings. The van der Waals surface area contributed by atoms with Gasteiger partial charge in [-0.1, -0.05) is 24.3 Å². The molecule has 0 amide bonds. The predicted molar refractivity (Wildman–Crippen MR) is 87.9 cm³/mol. The number of carboxylic acid groups (broad SMARTS) is 1. The summed E-state index contributed by atoms with van der Waals surface area (Å²) in [6.07, 6.45) is 3.49. The first-order valence-corrected chi connectivity index (χ1v) is 7.53. The molecule has 0 saturated heterocycles. The molecule has 2 heterocycles. The van der Waals surface area contributed by atoms with Crippen LogP contribution in [-0.4, -0.2) is 26.2 Å². The molecule has 116 valence electrons. The summed E-state index contributed by atoms with van der Waals surface area (Å²) in [6, 6.07) is 7.69. The van der Waals surface area contributed by atoms with Crippen LogP contribution in [0.3, 0.4) is 0 Å². The van der Waals surface area contributed by atoms with Gasteiger partial charge in [-0.3, -0.25) is 0 Å². The highest BCUT2D eigenvalue weighted by Crippen LogP contribution is 2.41. The van der Waals surface area contributed by atoms with Crippen molar-refractivity contribution >= 4 is 22.4 Å². The molecule has 3 aromatic rings. The fraction of sp³-hybridized carbons (Fsp3) is 0.167. The summed E-state index contributed by atoms with van der Waals surface area (Å²) in [5.41, 5.74) is 5.05. The van der Waals surface area contributed by atoms with Gasteiger partial charge in [0.1, 0.15) is 0 Å². The number of aromatic amines is 2. The Kier molecular flexibility index (Phi) is 2.84. The smallest absolute Gasteiger partial charge is 0.337 e. The average molecular weight is 308 g/mol. The van der Waals surface area contributed by atoms with E-state index < -0.39 is 5.97 Å². The van der Waals surface area contributed by atoms with Crippen molar-refractivity contribution in [3.63, 3.8) is 0 Å². The molecule has 4 rings (SSSR count). The number of carbonyl (C=O) groups is 1. The van der Waals surface area contributed by atoms with E-state index in [4.69, 9.17) is 0 Å². The number of para-hydroxylation sites is 1. The van der Waals surface area contributed by atoms with Crippen molar-refractivity contribution in [2.45, 2.75) is 19.8 Å². The summed E-state index contributed by atoms with van der Waals surface area (Å²) in [5.74, 6) is -0.807. The number of aromatic carboxylic acids is 1. The molecule has 23 heavy (non-hydrogen) atoms. The van der Waals surface area contributed by atoms with Crippen LogP contribution in [0.25, 0.3) is 16.5 Å². The second-order valence-corrected chi connectivity index (χ2v) is 5.83. The number of hydrogen-bond acceptors (Lipinski definition) is 2. The zero-order valence-electron chi connectivity index (χ0n) is 12.6. The summed E-state index contributed by atoms with van der Waals surface area (Å²) in [4.78, 5) is 17.7. The Morgan fingerprint density at radius 2 is 2.00 bits per heavy atom. The highest BCUT2D eigenvalue weighted by atomic mass is 16.4. The second-order valence-electron chi connectivity index (χ2n) is 5.83. The van der Waals surface area contributed by atoms with E-state index in [9.17, 15) is 15.0 Å². The van der Waals surface area contributed by atoms with Gasteiger partial charge in [0.2, 0.25) is 0 Å². The first kappa shape index (κ1) is 13.7. The van der Waals surface area contributed by atoms with Crippen LogP contribution in [0.5, 0.6) is 5.88 Å². The van der Waals surface area contributed by atoms with E-state index in [0.29, 0.717) is 17.7 Å². The SMILES string of the molecule is Cc1[nH]c2c(c1C(=O)O)CCC=C2c1c(O)[nH]c2ccccc12. The fourth-order valence-corrected chi connectivity index (χ4v) is 3.54. The summed E-state index contributed by atoms with van der Waals surface area (Å²) in [5, 5.41) is 20.8. The predicted octanol–water partition coefficient (Wildman–Crippen LogP) is 3.59. The van der Waals surface area contributed by atoms with Gasteiger partial charge in [-0.15, -0.1) is 0 Å². The minimum absolute atomic E-state index is 0.106. The number of carboxylic acids is 1. The van der Waals surface area contributed by atoms with Crippen LogP contribution in [0, 0.1) is 6.92 Å². The third kappa shape index (κ3) is 1.90. The monoisotopic (exact) mass is 308 g/mol. The minimum Gasteiger partial charge on any atom is -0.494 e. The van der Waals surface area contributed by atoms with E-state index in [1.165, 1.54) is 0 Å². The molecule has 5 nitrogen and oxygen atoms in total. The van der Waals surface area contributed by atoms with Gasteiger partial charge in [-0.05, 0) is 31.4 Å². The van der Waals surface area contributed by atoms with Gasteiger partial charge < -0.3 is 20.2 Å². The molecule has 0 spiro atoms. The molecule has 1 aromatic carbocycles. The third-order valence-corrected chi connectivity index (χ3v) is 4.47. The molecule has 0 fully saturated rings. The van der Waals surface area contributed by atoms with Gasteiger partial charge in [0.05, 0.1) is 16.8 Å². The molecule has 5 heteroatoms. The van der Waals surface area contributed by atoms with Gasteiger partial charge in [-0.25, -0.2) is 4.79 Å². The van der Waals surface area contributed by atoms with Crippen molar-refractivity contribution in [3.8, 4) is 5.88 Å². The van der Waals surface area contributed by atoms with Crippen LogP contribution >= 0.6 is 0 Å². The number of rotatable bonds is 2. The number of fused-ring (bicyclic) bond motifs is 2. The van der Waals surface area contributed by atoms with E-state index in [1.807, 2.05) is 24.3 Å². The summed E-state index contributed by atoms with van der Waals surface area (Å²) in [6.45, 7) is 1.77. The molecule has 0 unspecified atom stereocenters. The highest BCUT2D eigenvalue weighted by Gasteiger charge is 2.27. The summed E-state index contributed by atoms with van der Waals surface area (Å²) >= 11 is 0. The lowest BCUT2D eigenvalue weighted by molar-refractivity contribution is 0.0695. The highest BCUT2D eigenvalue weighted by molar-refractivity contribution is 6.02. The van der Waals surface area contributed by atoms with Crippen LogP contribution < -0.4 is 0 Å². The standard InChI is InChI=1S/C18H16N2O3/c1-9-14(18(22)23)11-6-4-7-12(16(11)19-9)15-10-5-2-3-8-13(10)20-17(15)21/h2-3,5,7-8,19-21H,4,6H2,1H3,(H,22,23). The van der Waals surface area contributed by atoms with Crippen molar-refractivity contribution in [1.82, 2.24) is 9.97 Å². The quantitative estimate of drug-likeness (QED) is 0.583. The number of benzene rings is 1. The average Bonchev–Trinajstić information content (AvgIpc) is 3.02. The molecule has 0 atom stereocenters. The maximum atomic E-state index is 11.5. The first-order chi connectivity index (χ1) is 11.1. The topological polar surface area (TPSA) is 89.1 Å². The molecule has 0 aliphatic heterocycles.